The van der Waals surface area contributed by atoms with Gasteiger partial charge in [0, 0.05) is 42.8 Å². The molecule has 4 saturated heterocycles. The molecular weight excluding hydrogens is 613 g/mol. The molecule has 0 radical (unpaired) electrons. The normalized spacial score (nSPS) is 29.0. The van der Waals surface area contributed by atoms with Crippen molar-refractivity contribution in [1.82, 2.24) is 14.7 Å². The average molecular weight is 659 g/mol. The zero-order valence-corrected chi connectivity index (χ0v) is 26.8. The van der Waals surface area contributed by atoms with Crippen molar-refractivity contribution in [2.24, 2.45) is 5.92 Å². The number of ether oxygens (including phenoxy) is 2. The highest BCUT2D eigenvalue weighted by molar-refractivity contribution is 5.98. The summed E-state index contributed by atoms with van der Waals surface area (Å²) in [5.74, 6) is -2.59. The Morgan fingerprint density at radius 2 is 1.55 bits per heavy atom. The number of aliphatic hydroxyl groups excluding tert-OH is 1. The van der Waals surface area contributed by atoms with E-state index in [2.05, 4.69) is 22.0 Å². The predicted octanol–water partition coefficient (Wildman–Crippen LogP) is 5.02. The van der Waals surface area contributed by atoms with Gasteiger partial charge in [-0.15, -0.1) is 0 Å². The molecule has 0 saturated carbocycles. The maximum atomic E-state index is 13.1. The van der Waals surface area contributed by atoms with Gasteiger partial charge in [-0.1, -0.05) is 43.3 Å². The van der Waals surface area contributed by atoms with Crippen LogP contribution in [-0.2, 0) is 25.7 Å². The topological polar surface area (TPSA) is 94.6 Å². The van der Waals surface area contributed by atoms with E-state index >= 15 is 0 Å². The van der Waals surface area contributed by atoms with Gasteiger partial charge in [0.05, 0.1) is 18.8 Å². The van der Waals surface area contributed by atoms with E-state index in [0.717, 1.165) is 36.3 Å². The number of hydrogen-bond donors (Lipinski definition) is 2. The van der Waals surface area contributed by atoms with Crippen LogP contribution in [0.15, 0.2) is 48.5 Å². The first kappa shape index (κ1) is 33.9. The summed E-state index contributed by atoms with van der Waals surface area (Å²) in [5.41, 5.74) is 2.98. The minimum absolute atomic E-state index is 0.0383. The van der Waals surface area contributed by atoms with Crippen LogP contribution >= 0.6 is 0 Å². The van der Waals surface area contributed by atoms with E-state index in [1.807, 2.05) is 24.3 Å². The molecule has 0 spiro atoms. The molecule has 6 rings (SSSR count). The Hall–Kier alpha value is -3.03. The van der Waals surface area contributed by atoms with Crippen LogP contribution in [0, 0.1) is 5.92 Å². The zero-order chi connectivity index (χ0) is 33.1. The molecule has 0 unspecified atom stereocenters. The van der Waals surface area contributed by atoms with Crippen LogP contribution in [0.5, 0.6) is 0 Å². The Bertz CT molecular complexity index is 1370. The van der Waals surface area contributed by atoms with E-state index in [9.17, 15) is 27.9 Å². The molecule has 2 N–H and O–H groups in total. The van der Waals surface area contributed by atoms with Crippen molar-refractivity contribution in [3.05, 3.63) is 65.2 Å². The number of amides is 2. The monoisotopic (exact) mass is 658 g/mol. The lowest BCUT2D eigenvalue weighted by Gasteiger charge is -2.43. The average Bonchev–Trinajstić information content (AvgIpc) is 3.85. The van der Waals surface area contributed by atoms with E-state index in [1.165, 1.54) is 38.8 Å². The zero-order valence-electron chi connectivity index (χ0n) is 26.8. The van der Waals surface area contributed by atoms with Crippen molar-refractivity contribution < 1.29 is 37.3 Å². The lowest BCUT2D eigenvalue weighted by atomic mass is 9.90. The molecule has 2 aromatic rings. The van der Waals surface area contributed by atoms with Gasteiger partial charge >= 0.3 is 12.1 Å². The highest BCUT2D eigenvalue weighted by atomic mass is 19.4. The van der Waals surface area contributed by atoms with Crippen molar-refractivity contribution in [3.8, 4) is 0 Å². The van der Waals surface area contributed by atoms with Crippen molar-refractivity contribution in [2.75, 3.05) is 44.6 Å². The maximum absolute atomic E-state index is 13.1. The summed E-state index contributed by atoms with van der Waals surface area (Å²) in [6.07, 6.45) is -0.698. The number of carbonyl (C=O) groups is 2. The van der Waals surface area contributed by atoms with Crippen LogP contribution in [0.25, 0.3) is 0 Å². The van der Waals surface area contributed by atoms with Gasteiger partial charge in [-0.05, 0) is 81.4 Å². The number of anilines is 1. The van der Waals surface area contributed by atoms with Gasteiger partial charge in [0.25, 0.3) is 0 Å². The molecule has 0 aromatic heterocycles. The molecule has 2 amide bonds. The molecule has 9 nitrogen and oxygen atoms in total. The van der Waals surface area contributed by atoms with Gasteiger partial charge in [-0.2, -0.15) is 13.2 Å². The van der Waals surface area contributed by atoms with Gasteiger partial charge in [0.2, 0.25) is 5.91 Å². The number of alkyl halides is 3. The summed E-state index contributed by atoms with van der Waals surface area (Å²) >= 11 is 0. The Kier molecular flexibility index (Phi) is 10.5. The number of nitrogens with zero attached hydrogens (tertiary/aromatic N) is 3. The molecule has 2 aromatic carbocycles. The standard InChI is InChI=1S/C35H45F3N4O5/c1-23-30(21-41-18-4-6-28(41)20-40-16-2-3-17-40)46-33(47-31(23)25-10-8-24(22-43)9-11-25)26-12-14-27(15-13-26)39-32(44)29-7-5-19-42(29)34(45)35(36,37)38/h8-15,23,28-31,33,43H,2-7,16-22H2,1H3,(H,39,44)/t23-,28-,29-,30+,31+,33+/m0/s1. The Balaban J connectivity index is 1.16. The molecule has 4 aliphatic rings. The number of benzene rings is 2. The van der Waals surface area contributed by atoms with Gasteiger partial charge in [-0.25, -0.2) is 0 Å². The minimum Gasteiger partial charge on any atom is -0.392 e. The Labute approximate surface area is 274 Å². The van der Waals surface area contributed by atoms with Crippen molar-refractivity contribution in [2.45, 2.75) is 88.8 Å². The first-order valence-electron chi connectivity index (χ1n) is 16.9. The molecule has 0 aliphatic carbocycles. The lowest BCUT2D eigenvalue weighted by molar-refractivity contribution is -0.276. The maximum Gasteiger partial charge on any atom is 0.471 e. The van der Waals surface area contributed by atoms with Crippen LogP contribution in [0.1, 0.15) is 74.5 Å². The summed E-state index contributed by atoms with van der Waals surface area (Å²) in [5, 5.41) is 12.3. The molecule has 12 heteroatoms. The molecule has 6 atom stereocenters. The quantitative estimate of drug-likeness (QED) is 0.391. The van der Waals surface area contributed by atoms with Crippen molar-refractivity contribution >= 4 is 17.5 Å². The lowest BCUT2D eigenvalue weighted by Crippen LogP contribution is -2.48. The number of carbonyl (C=O) groups excluding carboxylic acids is 2. The van der Waals surface area contributed by atoms with Gasteiger partial charge in [-0.3, -0.25) is 14.5 Å². The number of aliphatic hydroxyl groups is 1. The fraction of sp³-hybridized carbons (Fsp3) is 0.600. The summed E-state index contributed by atoms with van der Waals surface area (Å²) in [6, 6.07) is 14.1. The fourth-order valence-electron chi connectivity index (χ4n) is 7.56. The smallest absolute Gasteiger partial charge is 0.392 e. The van der Waals surface area contributed by atoms with Gasteiger partial charge < -0.3 is 29.7 Å². The highest BCUT2D eigenvalue weighted by Crippen LogP contribution is 2.42. The predicted molar refractivity (Wildman–Crippen MR) is 169 cm³/mol. The molecule has 4 heterocycles. The fourth-order valence-corrected chi connectivity index (χ4v) is 7.56. The molecular formula is C35H45F3N4O5. The number of hydrogen-bond acceptors (Lipinski definition) is 7. The van der Waals surface area contributed by atoms with Gasteiger partial charge in [0.1, 0.15) is 6.04 Å². The van der Waals surface area contributed by atoms with Crippen LogP contribution in [0.2, 0.25) is 0 Å². The first-order chi connectivity index (χ1) is 22.6. The summed E-state index contributed by atoms with van der Waals surface area (Å²) in [6.45, 7) is 7.26. The van der Waals surface area contributed by atoms with E-state index in [1.54, 1.807) is 24.3 Å². The third-order valence-corrected chi connectivity index (χ3v) is 10.2. The molecule has 256 valence electrons. The SMILES string of the molecule is C[C@H]1[C@@H](CN2CCC[C@H]2CN2CCCC2)O[C@@H](c2ccc(NC(=O)[C@@H]3CCCN3C(=O)C(F)(F)F)cc2)O[C@H]1c1ccc(CO)cc1. The highest BCUT2D eigenvalue weighted by Gasteiger charge is 2.48. The van der Waals surface area contributed by atoms with E-state index in [-0.39, 0.29) is 37.7 Å². The molecule has 4 fully saturated rings. The van der Waals surface area contributed by atoms with E-state index in [4.69, 9.17) is 9.47 Å². The summed E-state index contributed by atoms with van der Waals surface area (Å²) < 4.78 is 52.5. The molecule has 47 heavy (non-hydrogen) atoms. The van der Waals surface area contributed by atoms with Gasteiger partial charge in [0.15, 0.2) is 6.29 Å². The summed E-state index contributed by atoms with van der Waals surface area (Å²) in [4.78, 5) is 30.5. The van der Waals surface area contributed by atoms with E-state index < -0.39 is 30.3 Å². The third kappa shape index (κ3) is 7.83. The van der Waals surface area contributed by atoms with Crippen LogP contribution in [0.4, 0.5) is 18.9 Å². The van der Waals surface area contributed by atoms with Crippen LogP contribution in [-0.4, -0.2) is 95.3 Å². The van der Waals surface area contributed by atoms with Crippen molar-refractivity contribution in [1.29, 1.82) is 0 Å². The largest absolute Gasteiger partial charge is 0.471 e. The number of nitrogens with one attached hydrogen (secondary N) is 1. The minimum atomic E-state index is -5.03. The van der Waals surface area contributed by atoms with Crippen LogP contribution in [0.3, 0.4) is 0 Å². The second-order valence-corrected chi connectivity index (χ2v) is 13.4. The second kappa shape index (κ2) is 14.6. The Morgan fingerprint density at radius 3 is 2.23 bits per heavy atom. The van der Waals surface area contributed by atoms with Crippen LogP contribution < -0.4 is 5.32 Å². The summed E-state index contributed by atoms with van der Waals surface area (Å²) in [7, 11) is 0. The number of rotatable bonds is 9. The van der Waals surface area contributed by atoms with Crippen molar-refractivity contribution in [3.63, 3.8) is 0 Å². The molecule has 0 bridgehead atoms. The van der Waals surface area contributed by atoms with E-state index in [0.29, 0.717) is 23.0 Å². The third-order valence-electron chi connectivity index (χ3n) is 10.2. The number of likely N-dealkylation sites (tertiary alicyclic amines) is 3. The molecule has 4 aliphatic heterocycles. The second-order valence-electron chi connectivity index (χ2n) is 13.4. The Morgan fingerprint density at radius 1 is 0.872 bits per heavy atom. The number of halogens is 3. The first-order valence-corrected chi connectivity index (χ1v) is 16.9.